The van der Waals surface area contributed by atoms with Crippen LogP contribution in [0.25, 0.3) is 0 Å². The fourth-order valence-electron chi connectivity index (χ4n) is 3.23. The lowest BCUT2D eigenvalue weighted by atomic mass is 10.0. The maximum absolute atomic E-state index is 5.84. The Bertz CT molecular complexity index is 770. The van der Waals surface area contributed by atoms with Gasteiger partial charge in [0.2, 0.25) is 0 Å². The number of fused-ring (bicyclic) bond motifs is 2. The summed E-state index contributed by atoms with van der Waals surface area (Å²) in [7, 11) is -0.0160. The van der Waals surface area contributed by atoms with Crippen LogP contribution in [0.2, 0.25) is 0 Å². The molecule has 1 atom stereocenters. The Balaban J connectivity index is 1.94. The molecular formula is C23H30NOS2+. The van der Waals surface area contributed by atoms with Gasteiger partial charge in [-0.2, -0.15) is 0 Å². The van der Waals surface area contributed by atoms with Gasteiger partial charge in [0.05, 0.1) is 27.3 Å². The Hall–Kier alpha value is -1.39. The smallest absolute Gasteiger partial charge is 0.180 e. The van der Waals surface area contributed by atoms with E-state index in [4.69, 9.17) is 9.73 Å². The summed E-state index contributed by atoms with van der Waals surface area (Å²) in [5, 5.41) is 0.366. The first-order valence-electron chi connectivity index (χ1n) is 9.72. The van der Waals surface area contributed by atoms with E-state index >= 15 is 0 Å². The van der Waals surface area contributed by atoms with Crippen molar-refractivity contribution in [3.8, 4) is 0 Å². The Morgan fingerprint density at radius 1 is 1.07 bits per heavy atom. The molecule has 1 heterocycles. The molecule has 2 aromatic carbocycles. The normalized spacial score (nSPS) is 15.8. The Morgan fingerprint density at radius 3 is 2.19 bits per heavy atom. The van der Waals surface area contributed by atoms with Crippen LogP contribution < -0.4 is 0 Å². The molecule has 0 fully saturated rings. The van der Waals surface area contributed by atoms with E-state index in [-0.39, 0.29) is 16.4 Å². The first-order valence-corrected chi connectivity index (χ1v) is 11.8. The van der Waals surface area contributed by atoms with Crippen molar-refractivity contribution in [2.24, 2.45) is 4.99 Å². The van der Waals surface area contributed by atoms with Crippen molar-refractivity contribution >= 4 is 28.6 Å². The molecule has 0 aliphatic carbocycles. The third-order valence-corrected chi connectivity index (χ3v) is 9.35. The van der Waals surface area contributed by atoms with E-state index in [1.54, 1.807) is 0 Å². The third-order valence-electron chi connectivity index (χ3n) is 4.99. The summed E-state index contributed by atoms with van der Waals surface area (Å²) in [5.74, 6) is 0.803. The largest absolute Gasteiger partial charge is 0.481 e. The molecular weight excluding hydrogens is 370 g/mol. The van der Waals surface area contributed by atoms with Crippen LogP contribution >= 0.6 is 11.8 Å². The topological polar surface area (TPSA) is 21.6 Å². The fraction of sp³-hybridized carbons (Fsp3) is 0.435. The van der Waals surface area contributed by atoms with Crippen molar-refractivity contribution in [3.05, 3.63) is 48.5 Å². The van der Waals surface area contributed by atoms with Gasteiger partial charge in [-0.25, -0.2) is 4.99 Å². The van der Waals surface area contributed by atoms with E-state index in [0.717, 1.165) is 25.3 Å². The van der Waals surface area contributed by atoms with Crippen LogP contribution in [-0.2, 0) is 15.6 Å². The van der Waals surface area contributed by atoms with Crippen LogP contribution in [0.15, 0.2) is 73.1 Å². The number of benzene rings is 2. The van der Waals surface area contributed by atoms with Crippen LogP contribution in [0, 0.1) is 0 Å². The summed E-state index contributed by atoms with van der Waals surface area (Å²) in [6.45, 7) is 11.7. The van der Waals surface area contributed by atoms with E-state index in [0.29, 0.717) is 5.25 Å². The second kappa shape index (κ2) is 8.74. The fourth-order valence-corrected chi connectivity index (χ4v) is 7.54. The zero-order valence-corrected chi connectivity index (χ0v) is 18.6. The average molecular weight is 401 g/mol. The van der Waals surface area contributed by atoms with Crippen molar-refractivity contribution in [2.45, 2.75) is 77.8 Å². The lowest BCUT2D eigenvalue weighted by molar-refractivity contribution is 0.287. The van der Waals surface area contributed by atoms with E-state index in [1.165, 1.54) is 19.6 Å². The second-order valence-corrected chi connectivity index (χ2v) is 10.8. The van der Waals surface area contributed by atoms with Crippen LogP contribution in [0.3, 0.4) is 0 Å². The maximum atomic E-state index is 5.84. The van der Waals surface area contributed by atoms with Crippen LogP contribution in [0.1, 0.15) is 47.5 Å². The number of rotatable bonds is 6. The summed E-state index contributed by atoms with van der Waals surface area (Å²) >= 11 is 1.89. The standard InChI is InChI=1S/C23H30NOS2/c1-6-7-16-25-18(3)24-23(4,5)17(2)27-21-14-10-8-12-19(21)26-20-13-9-11-15-22(20)27/h8-15,17H,6-7,16H2,1-5H3/q+1. The Labute approximate surface area is 171 Å². The number of hydrogen-bond acceptors (Lipinski definition) is 3. The zero-order valence-electron chi connectivity index (χ0n) is 17.0. The molecule has 0 spiro atoms. The molecule has 2 aromatic rings. The number of ether oxygens (including phenoxy) is 1. The Kier molecular flexibility index (Phi) is 6.59. The first kappa shape index (κ1) is 20.3. The Morgan fingerprint density at radius 2 is 1.63 bits per heavy atom. The monoisotopic (exact) mass is 400 g/mol. The molecule has 0 saturated heterocycles. The summed E-state index contributed by atoms with van der Waals surface area (Å²) in [6.07, 6.45) is 2.22. The van der Waals surface area contributed by atoms with E-state index in [1.807, 2.05) is 18.7 Å². The molecule has 1 aliphatic rings. The number of unbranched alkanes of at least 4 members (excludes halogenated alkanes) is 1. The van der Waals surface area contributed by atoms with Gasteiger partial charge in [0.15, 0.2) is 20.9 Å². The highest BCUT2D eigenvalue weighted by atomic mass is 32.2. The van der Waals surface area contributed by atoms with Crippen LogP contribution in [-0.4, -0.2) is 23.3 Å². The lowest BCUT2D eigenvalue weighted by Crippen LogP contribution is -2.40. The molecule has 144 valence electrons. The molecule has 1 aliphatic heterocycles. The molecule has 4 heteroatoms. The molecule has 0 amide bonds. The third kappa shape index (κ3) is 4.55. The number of nitrogens with zero attached hydrogens (tertiary/aromatic N) is 1. The highest BCUT2D eigenvalue weighted by molar-refractivity contribution is 8.04. The summed E-state index contributed by atoms with van der Waals surface area (Å²) < 4.78 is 5.84. The predicted octanol–water partition coefficient (Wildman–Crippen LogP) is 6.59. The van der Waals surface area contributed by atoms with Crippen molar-refractivity contribution in [1.29, 1.82) is 0 Å². The number of hydrogen-bond donors (Lipinski definition) is 0. The molecule has 1 unspecified atom stereocenters. The van der Waals surface area contributed by atoms with E-state index in [9.17, 15) is 0 Å². The van der Waals surface area contributed by atoms with Gasteiger partial charge in [0.25, 0.3) is 0 Å². The minimum absolute atomic E-state index is 0.0160. The van der Waals surface area contributed by atoms with Gasteiger partial charge in [-0.05, 0) is 51.5 Å². The SMILES string of the molecule is CCCCOC(C)=NC(C)(C)C(C)[S+]1c2ccccc2Sc2ccccc21. The van der Waals surface area contributed by atoms with Gasteiger partial charge in [-0.15, -0.1) is 0 Å². The van der Waals surface area contributed by atoms with Crippen LogP contribution in [0.4, 0.5) is 0 Å². The van der Waals surface area contributed by atoms with Crippen molar-refractivity contribution in [3.63, 3.8) is 0 Å². The summed E-state index contributed by atoms with van der Waals surface area (Å²) in [5.41, 5.74) is -0.207. The van der Waals surface area contributed by atoms with Gasteiger partial charge in [-0.3, -0.25) is 0 Å². The zero-order chi connectivity index (χ0) is 19.4. The van der Waals surface area contributed by atoms with Crippen LogP contribution in [0.5, 0.6) is 0 Å². The summed E-state index contributed by atoms with van der Waals surface area (Å²) in [4.78, 5) is 10.6. The molecule has 0 N–H and O–H groups in total. The van der Waals surface area contributed by atoms with Crippen molar-refractivity contribution in [2.75, 3.05) is 6.61 Å². The summed E-state index contributed by atoms with van der Waals surface area (Å²) in [6, 6.07) is 17.7. The van der Waals surface area contributed by atoms with E-state index in [2.05, 4.69) is 76.2 Å². The van der Waals surface area contributed by atoms with Gasteiger partial charge < -0.3 is 4.74 Å². The van der Waals surface area contributed by atoms with Crippen molar-refractivity contribution in [1.82, 2.24) is 0 Å². The molecule has 0 bridgehead atoms. The van der Waals surface area contributed by atoms with E-state index < -0.39 is 0 Å². The van der Waals surface area contributed by atoms with Gasteiger partial charge in [0.1, 0.15) is 5.54 Å². The quantitative estimate of drug-likeness (QED) is 0.236. The van der Waals surface area contributed by atoms with Crippen molar-refractivity contribution < 1.29 is 4.74 Å². The highest BCUT2D eigenvalue weighted by Gasteiger charge is 2.47. The molecule has 0 radical (unpaired) electrons. The minimum atomic E-state index is -0.207. The minimum Gasteiger partial charge on any atom is -0.481 e. The highest BCUT2D eigenvalue weighted by Crippen LogP contribution is 2.48. The molecule has 2 nitrogen and oxygen atoms in total. The number of aliphatic imine (C=N–C) groups is 1. The maximum Gasteiger partial charge on any atom is 0.180 e. The van der Waals surface area contributed by atoms with Gasteiger partial charge in [-0.1, -0.05) is 49.4 Å². The molecule has 27 heavy (non-hydrogen) atoms. The van der Waals surface area contributed by atoms with Gasteiger partial charge in [0, 0.05) is 6.92 Å². The second-order valence-electron chi connectivity index (χ2n) is 7.46. The molecule has 0 saturated carbocycles. The lowest BCUT2D eigenvalue weighted by Gasteiger charge is -2.30. The average Bonchev–Trinajstić information content (AvgIpc) is 2.65. The van der Waals surface area contributed by atoms with Gasteiger partial charge >= 0.3 is 0 Å². The molecule has 0 aromatic heterocycles. The predicted molar refractivity (Wildman–Crippen MR) is 118 cm³/mol. The first-order chi connectivity index (χ1) is 12.9. The molecule has 3 rings (SSSR count).